The number of carbonyl (C=O) groups excluding carboxylic acids is 1. The Kier molecular flexibility index (Phi) is 4.25. The first-order valence-corrected chi connectivity index (χ1v) is 8.25. The average Bonchev–Trinajstić information content (AvgIpc) is 2.99. The summed E-state index contributed by atoms with van der Waals surface area (Å²) in [7, 11) is 0. The molecule has 0 aliphatic carbocycles. The number of ether oxygens (including phenoxy) is 1. The second-order valence-electron chi connectivity index (χ2n) is 5.89. The molecule has 6 nitrogen and oxygen atoms in total. The van der Waals surface area contributed by atoms with Gasteiger partial charge in [0.15, 0.2) is 5.65 Å². The summed E-state index contributed by atoms with van der Waals surface area (Å²) in [6.07, 6.45) is 3.36. The number of hydrogen-bond acceptors (Lipinski definition) is 4. The van der Waals surface area contributed by atoms with Crippen LogP contribution in [0.15, 0.2) is 67.0 Å². The highest BCUT2D eigenvalue weighted by atomic mass is 19.1. The van der Waals surface area contributed by atoms with Crippen LogP contribution in [0.5, 0.6) is 11.5 Å². The molecule has 4 rings (SSSR count). The minimum Gasteiger partial charge on any atom is -0.457 e. The highest BCUT2D eigenvalue weighted by Gasteiger charge is 2.18. The van der Waals surface area contributed by atoms with Crippen LogP contribution in [0, 0.1) is 12.7 Å². The van der Waals surface area contributed by atoms with Crippen LogP contribution in [0.2, 0.25) is 0 Å². The van der Waals surface area contributed by atoms with Crippen molar-refractivity contribution in [3.05, 3.63) is 84.1 Å². The van der Waals surface area contributed by atoms with E-state index < -0.39 is 0 Å². The number of hydrogen-bond donors (Lipinski definition) is 1. The molecule has 0 radical (unpaired) electrons. The molecule has 0 atom stereocenters. The Morgan fingerprint density at radius 2 is 1.93 bits per heavy atom. The summed E-state index contributed by atoms with van der Waals surface area (Å²) >= 11 is 0. The zero-order valence-corrected chi connectivity index (χ0v) is 14.4. The smallest absolute Gasteiger partial charge is 0.261 e. The minimum atomic E-state index is -0.367. The number of fused-ring (bicyclic) bond motifs is 1. The summed E-state index contributed by atoms with van der Waals surface area (Å²) in [6, 6.07) is 14.5. The first-order chi connectivity index (χ1) is 13.1. The SMILES string of the molecule is Cc1nn2cccnc2c1C(=O)Nc1ccc(Oc2cccc(F)c2)cc1. The second-order valence-corrected chi connectivity index (χ2v) is 5.89. The molecule has 4 aromatic rings. The largest absolute Gasteiger partial charge is 0.457 e. The fourth-order valence-electron chi connectivity index (χ4n) is 2.73. The maximum absolute atomic E-state index is 13.2. The predicted molar refractivity (Wildman–Crippen MR) is 98.6 cm³/mol. The lowest BCUT2D eigenvalue weighted by atomic mass is 10.2. The van der Waals surface area contributed by atoms with Crippen LogP contribution in [0.4, 0.5) is 10.1 Å². The number of aromatic nitrogens is 3. The number of anilines is 1. The summed E-state index contributed by atoms with van der Waals surface area (Å²) in [5, 5.41) is 7.12. The highest BCUT2D eigenvalue weighted by molar-refractivity contribution is 6.09. The molecule has 0 bridgehead atoms. The molecule has 0 saturated carbocycles. The first kappa shape index (κ1) is 16.7. The predicted octanol–water partition coefficient (Wildman–Crippen LogP) is 4.22. The topological polar surface area (TPSA) is 68.5 Å². The lowest BCUT2D eigenvalue weighted by molar-refractivity contribution is 0.102. The van der Waals surface area contributed by atoms with Gasteiger partial charge >= 0.3 is 0 Å². The van der Waals surface area contributed by atoms with Crippen molar-refractivity contribution in [2.75, 3.05) is 5.32 Å². The molecule has 0 saturated heterocycles. The number of rotatable bonds is 4. The monoisotopic (exact) mass is 362 g/mol. The Morgan fingerprint density at radius 3 is 2.70 bits per heavy atom. The number of benzene rings is 2. The standard InChI is InChI=1S/C20H15FN4O2/c1-13-18(19-22-10-3-11-25(19)24-13)20(26)23-15-6-8-16(9-7-15)27-17-5-2-4-14(21)12-17/h2-12H,1H3,(H,23,26). The third kappa shape index (κ3) is 3.48. The fraction of sp³-hybridized carbons (Fsp3) is 0.0500. The number of aryl methyl sites for hydroxylation is 1. The molecule has 1 amide bonds. The Hall–Kier alpha value is -3.74. The Balaban J connectivity index is 1.51. The van der Waals surface area contributed by atoms with Crippen LogP contribution in [0.1, 0.15) is 16.1 Å². The highest BCUT2D eigenvalue weighted by Crippen LogP contribution is 2.24. The molecule has 1 N–H and O–H groups in total. The number of amides is 1. The van der Waals surface area contributed by atoms with Crippen molar-refractivity contribution >= 4 is 17.2 Å². The van der Waals surface area contributed by atoms with Crippen LogP contribution < -0.4 is 10.1 Å². The zero-order chi connectivity index (χ0) is 18.8. The van der Waals surface area contributed by atoms with Crippen LogP contribution in [-0.4, -0.2) is 20.5 Å². The summed E-state index contributed by atoms with van der Waals surface area (Å²) in [5.41, 5.74) is 2.12. The molecule has 2 aromatic heterocycles. The third-order valence-electron chi connectivity index (χ3n) is 3.94. The van der Waals surface area contributed by atoms with Gasteiger partial charge in [0, 0.05) is 24.1 Å². The van der Waals surface area contributed by atoms with E-state index in [1.54, 1.807) is 66.3 Å². The molecule has 7 heteroatoms. The van der Waals surface area contributed by atoms with Gasteiger partial charge in [0.1, 0.15) is 22.9 Å². The van der Waals surface area contributed by atoms with Gasteiger partial charge in [-0.2, -0.15) is 5.10 Å². The van der Waals surface area contributed by atoms with Crippen molar-refractivity contribution in [3.63, 3.8) is 0 Å². The number of halogens is 1. The minimum absolute atomic E-state index is 0.292. The van der Waals surface area contributed by atoms with E-state index in [4.69, 9.17) is 4.74 Å². The average molecular weight is 362 g/mol. The second kappa shape index (κ2) is 6.87. The van der Waals surface area contributed by atoms with Gasteiger partial charge in [-0.25, -0.2) is 13.9 Å². The van der Waals surface area contributed by atoms with Crippen LogP contribution in [0.25, 0.3) is 5.65 Å². The normalized spacial score (nSPS) is 10.7. The molecular weight excluding hydrogens is 347 g/mol. The van der Waals surface area contributed by atoms with E-state index in [-0.39, 0.29) is 11.7 Å². The molecule has 0 aliphatic heterocycles. The van der Waals surface area contributed by atoms with Crippen molar-refractivity contribution in [2.45, 2.75) is 6.92 Å². The summed E-state index contributed by atoms with van der Waals surface area (Å²) in [6.45, 7) is 1.76. The maximum atomic E-state index is 13.2. The lowest BCUT2D eigenvalue weighted by Crippen LogP contribution is -2.13. The van der Waals surface area contributed by atoms with Crippen molar-refractivity contribution < 1.29 is 13.9 Å². The van der Waals surface area contributed by atoms with Gasteiger partial charge in [-0.05, 0) is 49.4 Å². The zero-order valence-electron chi connectivity index (χ0n) is 14.4. The van der Waals surface area contributed by atoms with Crippen LogP contribution in [-0.2, 0) is 0 Å². The van der Waals surface area contributed by atoms with E-state index in [2.05, 4.69) is 15.4 Å². The Bertz CT molecular complexity index is 1120. The van der Waals surface area contributed by atoms with E-state index in [1.165, 1.54) is 12.1 Å². The third-order valence-corrected chi connectivity index (χ3v) is 3.94. The number of nitrogens with zero attached hydrogens (tertiary/aromatic N) is 3. The van der Waals surface area contributed by atoms with Crippen LogP contribution in [0.3, 0.4) is 0 Å². The molecule has 134 valence electrons. The quantitative estimate of drug-likeness (QED) is 0.590. The molecule has 2 heterocycles. The summed E-state index contributed by atoms with van der Waals surface area (Å²) in [5.74, 6) is 0.279. The van der Waals surface area contributed by atoms with Crippen molar-refractivity contribution in [3.8, 4) is 11.5 Å². The lowest BCUT2D eigenvalue weighted by Gasteiger charge is -2.08. The van der Waals surface area contributed by atoms with E-state index in [0.717, 1.165) is 0 Å². The molecule has 0 spiro atoms. The van der Waals surface area contributed by atoms with Crippen molar-refractivity contribution in [2.24, 2.45) is 0 Å². The molecule has 2 aromatic carbocycles. The first-order valence-electron chi connectivity index (χ1n) is 8.25. The van der Waals surface area contributed by atoms with Crippen molar-refractivity contribution in [1.29, 1.82) is 0 Å². The van der Waals surface area contributed by atoms with E-state index in [9.17, 15) is 9.18 Å². The Labute approximate surface area is 154 Å². The van der Waals surface area contributed by atoms with Crippen molar-refractivity contribution in [1.82, 2.24) is 14.6 Å². The summed E-state index contributed by atoms with van der Waals surface area (Å²) in [4.78, 5) is 16.9. The molecule has 0 fully saturated rings. The number of nitrogens with one attached hydrogen (secondary N) is 1. The van der Waals surface area contributed by atoms with Gasteiger partial charge in [-0.3, -0.25) is 4.79 Å². The Morgan fingerprint density at radius 1 is 1.11 bits per heavy atom. The van der Waals surface area contributed by atoms with Gasteiger partial charge in [-0.1, -0.05) is 6.07 Å². The summed E-state index contributed by atoms with van der Waals surface area (Å²) < 4.78 is 20.4. The van der Waals surface area contributed by atoms with Crippen LogP contribution >= 0.6 is 0 Å². The number of carbonyl (C=O) groups is 1. The maximum Gasteiger partial charge on any atom is 0.261 e. The molecule has 0 aliphatic rings. The van der Waals surface area contributed by atoms with Gasteiger partial charge in [0.2, 0.25) is 0 Å². The van der Waals surface area contributed by atoms with Gasteiger partial charge in [0.05, 0.1) is 5.69 Å². The molecule has 0 unspecified atom stereocenters. The van der Waals surface area contributed by atoms with Gasteiger partial charge < -0.3 is 10.1 Å². The van der Waals surface area contributed by atoms with E-state index in [0.29, 0.717) is 34.1 Å². The van der Waals surface area contributed by atoms with Gasteiger partial charge in [0.25, 0.3) is 5.91 Å². The molecule has 27 heavy (non-hydrogen) atoms. The van der Waals surface area contributed by atoms with Gasteiger partial charge in [-0.15, -0.1) is 0 Å². The van der Waals surface area contributed by atoms with E-state index in [1.807, 2.05) is 0 Å². The fourth-order valence-corrected chi connectivity index (χ4v) is 2.73. The van der Waals surface area contributed by atoms with E-state index >= 15 is 0 Å². The molecular formula is C20H15FN4O2.